The summed E-state index contributed by atoms with van der Waals surface area (Å²) in [6.45, 7) is -0.550. The van der Waals surface area contributed by atoms with Gasteiger partial charge in [0.1, 0.15) is 24.2 Å². The molecule has 2 aromatic heterocycles. The van der Waals surface area contributed by atoms with E-state index in [4.69, 9.17) is 10.5 Å². The van der Waals surface area contributed by atoms with Gasteiger partial charge in [-0.25, -0.2) is 15.0 Å². The maximum Gasteiger partial charge on any atom is 1.00 e. The number of ether oxygens (including phenoxy) is 1. The maximum absolute atomic E-state index is 10.5. The summed E-state index contributed by atoms with van der Waals surface area (Å²) in [5.41, 5.74) is 6.49. The fourth-order valence-corrected chi connectivity index (χ4v) is 2.61. The fraction of sp³-hybridized carbons (Fsp3) is 0.500. The van der Waals surface area contributed by atoms with Crippen molar-refractivity contribution in [3.8, 4) is 0 Å². The minimum atomic E-state index is -5.12. The van der Waals surface area contributed by atoms with Crippen molar-refractivity contribution < 1.29 is 131 Å². The Morgan fingerprint density at radius 2 is 2.12 bits per heavy atom. The largest absolute Gasteiger partial charge is 1.00 e. The van der Waals surface area contributed by atoms with Crippen LogP contribution in [0.25, 0.3) is 11.2 Å². The standard InChI is InChI=1S/C10H14N5O6P.2K/c11-9-8-10(13-3-12-9)15(4-14-8)7-1-5(16)6(21-7)2-20-22(17,18)19;;/h3-7,16H,1-2H2,(H2,11,12,13)(H2,17,18,19);;/q;2*+1/p-2/t5-,6+,7+;;/m0../s1. The number of nitrogens with zero attached hydrogens (tertiary/aromatic N) is 4. The van der Waals surface area contributed by atoms with E-state index in [0.717, 1.165) is 0 Å². The third kappa shape index (κ3) is 5.58. The van der Waals surface area contributed by atoms with Gasteiger partial charge in [0.15, 0.2) is 11.5 Å². The topological polar surface area (TPSA) is 172 Å². The third-order valence-corrected chi connectivity index (χ3v) is 3.76. The maximum atomic E-state index is 10.5. The van der Waals surface area contributed by atoms with Crippen LogP contribution in [0.4, 0.5) is 5.82 Å². The summed E-state index contributed by atoms with van der Waals surface area (Å²) in [6.07, 6.45) is 0.285. The van der Waals surface area contributed by atoms with Gasteiger partial charge in [0.2, 0.25) is 0 Å². The Morgan fingerprint density at radius 1 is 1.42 bits per heavy atom. The molecule has 3 N–H and O–H groups in total. The number of imidazole rings is 1. The molecule has 1 aliphatic rings. The van der Waals surface area contributed by atoms with Gasteiger partial charge >= 0.3 is 103 Å². The Kier molecular flexibility index (Phi) is 9.60. The van der Waals surface area contributed by atoms with Gasteiger partial charge in [-0.05, 0) is 0 Å². The van der Waals surface area contributed by atoms with Crippen molar-refractivity contribution in [3.63, 3.8) is 0 Å². The van der Waals surface area contributed by atoms with Crippen LogP contribution in [-0.2, 0) is 13.8 Å². The fourth-order valence-electron chi connectivity index (χ4n) is 2.28. The molecule has 2 aromatic rings. The Morgan fingerprint density at radius 3 is 2.79 bits per heavy atom. The van der Waals surface area contributed by atoms with E-state index in [1.807, 2.05) is 0 Å². The van der Waals surface area contributed by atoms with E-state index < -0.39 is 32.9 Å². The van der Waals surface area contributed by atoms with E-state index in [0.29, 0.717) is 11.2 Å². The summed E-state index contributed by atoms with van der Waals surface area (Å²) in [4.78, 5) is 32.9. The minimum Gasteiger partial charge on any atom is -0.790 e. The molecule has 1 saturated heterocycles. The van der Waals surface area contributed by atoms with Crippen LogP contribution in [-0.4, -0.2) is 43.4 Å². The van der Waals surface area contributed by atoms with Crippen LogP contribution < -0.4 is 118 Å². The van der Waals surface area contributed by atoms with Crippen LogP contribution in [0.5, 0.6) is 0 Å². The second-order valence-electron chi connectivity index (χ2n) is 4.76. The second-order valence-corrected chi connectivity index (χ2v) is 5.91. The number of nitrogen functional groups attached to an aromatic ring is 1. The average Bonchev–Trinajstić information content (AvgIpc) is 3.00. The third-order valence-electron chi connectivity index (χ3n) is 3.30. The number of phosphoric ester groups is 1. The zero-order valence-electron chi connectivity index (χ0n) is 13.1. The van der Waals surface area contributed by atoms with Crippen LogP contribution in [0.2, 0.25) is 0 Å². The predicted octanol–water partition coefficient (Wildman–Crippen LogP) is -8.09. The van der Waals surface area contributed by atoms with Crippen molar-refractivity contribution in [2.75, 3.05) is 12.3 Å². The molecular weight excluding hydrogens is 395 g/mol. The van der Waals surface area contributed by atoms with Crippen LogP contribution >= 0.6 is 7.82 Å². The Hall–Kier alpha value is 1.65. The zero-order chi connectivity index (χ0) is 15.9. The molecule has 0 unspecified atom stereocenters. The van der Waals surface area contributed by atoms with Gasteiger partial charge in [0.05, 0.1) is 26.9 Å². The first-order chi connectivity index (χ1) is 10.3. The van der Waals surface area contributed by atoms with Crippen LogP contribution in [0.1, 0.15) is 12.6 Å². The molecule has 0 radical (unpaired) electrons. The van der Waals surface area contributed by atoms with Crippen molar-refractivity contribution in [2.45, 2.75) is 24.9 Å². The first kappa shape index (κ1) is 23.7. The van der Waals surface area contributed by atoms with Crippen molar-refractivity contribution in [3.05, 3.63) is 12.7 Å². The number of aliphatic hydroxyl groups is 1. The SMILES string of the molecule is Nc1ncnc2c1ncn2[C@H]1C[C@H](O)[C@@H](COP(=O)([O-])[O-])O1.[K+].[K+]. The van der Waals surface area contributed by atoms with E-state index in [2.05, 4.69) is 19.5 Å². The summed E-state index contributed by atoms with van der Waals surface area (Å²) >= 11 is 0. The van der Waals surface area contributed by atoms with Gasteiger partial charge in [-0.1, -0.05) is 0 Å². The molecular formula is C10H12K2N5O6P. The van der Waals surface area contributed by atoms with Crippen molar-refractivity contribution in [1.82, 2.24) is 19.5 Å². The number of rotatable bonds is 4. The van der Waals surface area contributed by atoms with E-state index in [1.54, 1.807) is 4.57 Å². The second kappa shape index (κ2) is 9.73. The first-order valence-electron chi connectivity index (χ1n) is 6.28. The molecule has 11 nitrogen and oxygen atoms in total. The predicted molar refractivity (Wildman–Crippen MR) is 67.8 cm³/mol. The molecule has 0 saturated carbocycles. The van der Waals surface area contributed by atoms with Gasteiger partial charge in [-0.3, -0.25) is 4.57 Å². The molecule has 3 rings (SSSR count). The summed E-state index contributed by atoms with van der Waals surface area (Å²) in [7, 11) is -5.12. The van der Waals surface area contributed by atoms with Crippen LogP contribution in [0.3, 0.4) is 0 Å². The monoisotopic (exact) mass is 407 g/mol. The minimum absolute atomic E-state index is 0. The molecule has 1 fully saturated rings. The number of hydrogen-bond acceptors (Lipinski definition) is 10. The molecule has 0 amide bonds. The molecule has 120 valence electrons. The Bertz CT molecular complexity index is 742. The van der Waals surface area contributed by atoms with Crippen LogP contribution in [0, 0.1) is 0 Å². The van der Waals surface area contributed by atoms with E-state index in [9.17, 15) is 19.5 Å². The number of phosphoric acid groups is 1. The summed E-state index contributed by atoms with van der Waals surface area (Å²) in [5.74, 6) is 0.209. The van der Waals surface area contributed by atoms with E-state index in [-0.39, 0.29) is 115 Å². The molecule has 0 bridgehead atoms. The molecule has 14 heteroatoms. The summed E-state index contributed by atoms with van der Waals surface area (Å²) in [5, 5.41) is 9.89. The number of aromatic nitrogens is 4. The Balaban J connectivity index is 0.00000144. The Labute approximate surface area is 221 Å². The molecule has 0 spiro atoms. The number of nitrogens with two attached hydrogens (primary N) is 1. The molecule has 0 aliphatic carbocycles. The molecule has 0 aromatic carbocycles. The summed E-state index contributed by atoms with van der Waals surface area (Å²) in [6, 6.07) is 0. The quantitative estimate of drug-likeness (QED) is 0.366. The van der Waals surface area contributed by atoms with Crippen LogP contribution in [0.15, 0.2) is 12.7 Å². The van der Waals surface area contributed by atoms with Gasteiger partial charge in [0, 0.05) is 6.42 Å². The number of fused-ring (bicyclic) bond motifs is 1. The molecule has 3 atom stereocenters. The van der Waals surface area contributed by atoms with Crippen molar-refractivity contribution in [2.24, 2.45) is 0 Å². The van der Waals surface area contributed by atoms with Gasteiger partial charge in [-0.2, -0.15) is 0 Å². The number of hydrogen-bond donors (Lipinski definition) is 2. The molecule has 1 aliphatic heterocycles. The smallest absolute Gasteiger partial charge is 0.790 e. The normalized spacial score (nSPS) is 23.7. The van der Waals surface area contributed by atoms with E-state index >= 15 is 0 Å². The molecule has 3 heterocycles. The average molecular weight is 407 g/mol. The number of aliphatic hydroxyl groups excluding tert-OH is 1. The van der Waals surface area contributed by atoms with Gasteiger partial charge in [-0.15, -0.1) is 0 Å². The molecule has 24 heavy (non-hydrogen) atoms. The summed E-state index contributed by atoms with van der Waals surface area (Å²) < 4.78 is 21.7. The zero-order valence-corrected chi connectivity index (χ0v) is 20.2. The first-order valence-corrected chi connectivity index (χ1v) is 7.74. The van der Waals surface area contributed by atoms with E-state index in [1.165, 1.54) is 12.7 Å². The van der Waals surface area contributed by atoms with Gasteiger partial charge in [0.25, 0.3) is 0 Å². The van der Waals surface area contributed by atoms with Crippen molar-refractivity contribution >= 4 is 24.8 Å². The van der Waals surface area contributed by atoms with Crippen molar-refractivity contribution in [1.29, 1.82) is 0 Å². The van der Waals surface area contributed by atoms with Gasteiger partial charge < -0.3 is 34.5 Å². The number of anilines is 1.